The minimum Gasteiger partial charge on any atom is -0.339 e. The highest BCUT2D eigenvalue weighted by molar-refractivity contribution is 7.15. The van der Waals surface area contributed by atoms with E-state index in [2.05, 4.69) is 20.4 Å². The maximum absolute atomic E-state index is 12.9. The second-order valence-electron chi connectivity index (χ2n) is 7.42. The van der Waals surface area contributed by atoms with E-state index in [0.717, 1.165) is 42.8 Å². The monoisotopic (exact) mass is 344 g/mol. The van der Waals surface area contributed by atoms with Gasteiger partial charge in [-0.15, -0.1) is 11.3 Å². The molecule has 3 aliphatic rings. The molecular formula is C17H20N4O2S. The summed E-state index contributed by atoms with van der Waals surface area (Å²) in [4.78, 5) is 22.9. The van der Waals surface area contributed by atoms with E-state index >= 15 is 0 Å². The predicted molar refractivity (Wildman–Crippen MR) is 88.8 cm³/mol. The average molecular weight is 344 g/mol. The molecule has 3 aliphatic carbocycles. The number of carbonyl (C=O) groups is 1. The highest BCUT2D eigenvalue weighted by Gasteiger charge is 2.53. The van der Waals surface area contributed by atoms with Gasteiger partial charge in [0, 0.05) is 17.0 Å². The number of hydrogen-bond donors (Lipinski definition) is 1. The van der Waals surface area contributed by atoms with Crippen molar-refractivity contribution >= 4 is 22.4 Å². The third-order valence-electron chi connectivity index (χ3n) is 5.76. The van der Waals surface area contributed by atoms with Crippen LogP contribution in [-0.2, 0) is 4.79 Å². The van der Waals surface area contributed by atoms with Gasteiger partial charge >= 0.3 is 0 Å². The second kappa shape index (κ2) is 5.37. The van der Waals surface area contributed by atoms with Crippen LogP contribution in [-0.4, -0.2) is 21.0 Å². The summed E-state index contributed by atoms with van der Waals surface area (Å²) in [5.41, 5.74) is 0. The lowest BCUT2D eigenvalue weighted by molar-refractivity contribution is -0.122. The topological polar surface area (TPSA) is 80.9 Å². The molecular weight excluding hydrogens is 324 g/mol. The van der Waals surface area contributed by atoms with Gasteiger partial charge in [-0.3, -0.25) is 4.79 Å². The zero-order valence-electron chi connectivity index (χ0n) is 13.6. The van der Waals surface area contributed by atoms with Crippen molar-refractivity contribution in [3.05, 3.63) is 22.8 Å². The van der Waals surface area contributed by atoms with E-state index in [0.29, 0.717) is 28.8 Å². The fourth-order valence-corrected chi connectivity index (χ4v) is 5.18. The molecule has 7 heteroatoms. The maximum atomic E-state index is 12.9. The van der Waals surface area contributed by atoms with E-state index in [1.807, 2.05) is 6.92 Å². The van der Waals surface area contributed by atoms with Crippen LogP contribution >= 0.6 is 11.3 Å². The number of anilines is 1. The lowest BCUT2D eigenvalue weighted by Gasteiger charge is -2.27. The molecule has 5 rings (SSSR count). The Bertz CT molecular complexity index is 781. The Morgan fingerprint density at radius 1 is 1.29 bits per heavy atom. The summed E-state index contributed by atoms with van der Waals surface area (Å²) in [5, 5.41) is 7.85. The number of amides is 1. The molecule has 1 N–H and O–H groups in total. The molecule has 3 fully saturated rings. The van der Waals surface area contributed by atoms with Crippen LogP contribution < -0.4 is 5.32 Å². The second-order valence-corrected chi connectivity index (χ2v) is 8.65. The van der Waals surface area contributed by atoms with E-state index in [-0.39, 0.29) is 17.7 Å². The lowest BCUT2D eigenvalue weighted by Crippen LogP contribution is -2.32. The van der Waals surface area contributed by atoms with Crippen molar-refractivity contribution < 1.29 is 9.32 Å². The van der Waals surface area contributed by atoms with Crippen LogP contribution in [0, 0.1) is 24.7 Å². The van der Waals surface area contributed by atoms with Crippen molar-refractivity contribution in [2.45, 2.75) is 50.9 Å². The minimum absolute atomic E-state index is 0.0627. The number of aromatic nitrogens is 3. The Labute approximate surface area is 144 Å². The van der Waals surface area contributed by atoms with E-state index in [4.69, 9.17) is 4.52 Å². The first-order valence-corrected chi connectivity index (χ1v) is 9.57. The third kappa shape index (κ3) is 2.37. The van der Waals surface area contributed by atoms with Gasteiger partial charge in [-0.05, 0) is 50.9 Å². The average Bonchev–Trinajstić information content (AvgIpc) is 2.99. The molecule has 2 heterocycles. The zero-order valence-corrected chi connectivity index (χ0v) is 14.4. The van der Waals surface area contributed by atoms with Gasteiger partial charge in [0.25, 0.3) is 0 Å². The largest absolute Gasteiger partial charge is 0.339 e. The normalized spacial score (nSPS) is 31.5. The predicted octanol–water partition coefficient (Wildman–Crippen LogP) is 3.48. The van der Waals surface area contributed by atoms with Crippen LogP contribution in [0.3, 0.4) is 0 Å². The highest BCUT2D eigenvalue weighted by Crippen LogP contribution is 2.56. The Balaban J connectivity index is 1.40. The van der Waals surface area contributed by atoms with Gasteiger partial charge in [-0.2, -0.15) is 4.98 Å². The summed E-state index contributed by atoms with van der Waals surface area (Å²) in [6.07, 6.45) is 7.49. The number of rotatable bonds is 4. The van der Waals surface area contributed by atoms with E-state index in [9.17, 15) is 4.79 Å². The van der Waals surface area contributed by atoms with Crippen LogP contribution in [0.5, 0.6) is 0 Å². The van der Waals surface area contributed by atoms with Gasteiger partial charge in [0.1, 0.15) is 0 Å². The fourth-order valence-electron chi connectivity index (χ4n) is 4.52. The van der Waals surface area contributed by atoms with Crippen molar-refractivity contribution in [2.24, 2.45) is 17.8 Å². The molecule has 6 nitrogen and oxygen atoms in total. The molecule has 0 radical (unpaired) electrons. The van der Waals surface area contributed by atoms with Crippen LogP contribution in [0.2, 0.25) is 0 Å². The van der Waals surface area contributed by atoms with Crippen LogP contribution in [0.1, 0.15) is 60.5 Å². The molecule has 126 valence electrons. The number of aryl methyl sites for hydroxylation is 1. The molecule has 2 bridgehead atoms. The fraction of sp³-hybridized carbons (Fsp3) is 0.647. The highest BCUT2D eigenvalue weighted by atomic mass is 32.1. The van der Waals surface area contributed by atoms with Crippen LogP contribution in [0.4, 0.5) is 5.13 Å². The quantitative estimate of drug-likeness (QED) is 0.918. The molecule has 0 unspecified atom stereocenters. The van der Waals surface area contributed by atoms with Gasteiger partial charge in [-0.1, -0.05) is 5.16 Å². The van der Waals surface area contributed by atoms with E-state index < -0.39 is 0 Å². The number of fused-ring (bicyclic) bond motifs is 2. The summed E-state index contributed by atoms with van der Waals surface area (Å²) in [7, 11) is 0. The summed E-state index contributed by atoms with van der Waals surface area (Å²) in [6.45, 7) is 1.99. The molecule has 0 aromatic carbocycles. The zero-order chi connectivity index (χ0) is 16.3. The molecule has 4 atom stereocenters. The molecule has 0 aliphatic heterocycles. The first-order valence-electron chi connectivity index (χ1n) is 8.76. The van der Waals surface area contributed by atoms with Gasteiger partial charge < -0.3 is 9.84 Å². The number of carbonyl (C=O) groups excluding carboxylic acids is 1. The van der Waals surface area contributed by atoms with Crippen molar-refractivity contribution in [2.75, 3.05) is 5.32 Å². The first kappa shape index (κ1) is 14.6. The van der Waals surface area contributed by atoms with Crippen LogP contribution in [0.15, 0.2) is 10.7 Å². The molecule has 0 saturated heterocycles. The molecule has 3 saturated carbocycles. The molecule has 2 aromatic rings. The molecule has 2 aromatic heterocycles. The van der Waals surface area contributed by atoms with Gasteiger partial charge in [-0.25, -0.2) is 4.98 Å². The van der Waals surface area contributed by atoms with Gasteiger partial charge in [0.15, 0.2) is 11.0 Å². The summed E-state index contributed by atoms with van der Waals surface area (Å²) >= 11 is 1.51. The third-order valence-corrected chi connectivity index (χ3v) is 6.58. The smallest absolute Gasteiger partial charge is 0.230 e. The van der Waals surface area contributed by atoms with Crippen LogP contribution in [0.25, 0.3) is 0 Å². The van der Waals surface area contributed by atoms with Crippen molar-refractivity contribution in [1.82, 2.24) is 15.1 Å². The van der Waals surface area contributed by atoms with Gasteiger partial charge in [0.2, 0.25) is 11.8 Å². The number of nitrogens with zero attached hydrogens (tertiary/aromatic N) is 3. The Morgan fingerprint density at radius 2 is 2.12 bits per heavy atom. The van der Waals surface area contributed by atoms with Gasteiger partial charge in [0.05, 0.1) is 11.8 Å². The van der Waals surface area contributed by atoms with Crippen molar-refractivity contribution in [3.63, 3.8) is 0 Å². The Kier molecular flexibility index (Phi) is 3.26. The minimum atomic E-state index is -0.0690. The van der Waals surface area contributed by atoms with Crippen molar-refractivity contribution in [1.29, 1.82) is 0 Å². The lowest BCUT2D eigenvalue weighted by atomic mass is 9.78. The number of hydrogen-bond acceptors (Lipinski definition) is 6. The SMILES string of the molecule is Cc1cnc(NC(=O)[C@H]2[C@H]3CC[C@H](C3)[C@@H]2c2nc(C3CC3)no2)s1. The van der Waals surface area contributed by atoms with E-state index in [1.54, 1.807) is 6.20 Å². The number of thiazole rings is 1. The molecule has 1 amide bonds. The first-order chi connectivity index (χ1) is 11.7. The summed E-state index contributed by atoms with van der Waals surface area (Å²) < 4.78 is 5.58. The Morgan fingerprint density at radius 3 is 2.88 bits per heavy atom. The Hall–Kier alpha value is -1.76. The maximum Gasteiger partial charge on any atom is 0.230 e. The number of nitrogens with one attached hydrogen (secondary N) is 1. The van der Waals surface area contributed by atoms with Crippen molar-refractivity contribution in [3.8, 4) is 0 Å². The standard InChI is InChI=1S/C17H20N4O2S/c1-8-7-18-17(24-8)20-15(22)12-10-4-5-11(6-10)13(12)16-19-14(21-23-16)9-2-3-9/h7,9-13H,2-6H2,1H3,(H,18,20,22)/t10-,11+,12-,13-/m0/s1. The molecule has 24 heavy (non-hydrogen) atoms. The molecule has 0 spiro atoms. The summed E-state index contributed by atoms with van der Waals surface area (Å²) in [5.74, 6) is 2.99. The summed E-state index contributed by atoms with van der Waals surface area (Å²) in [6, 6.07) is 0. The van der Waals surface area contributed by atoms with E-state index in [1.165, 1.54) is 11.3 Å².